The van der Waals surface area contributed by atoms with Crippen LogP contribution in [0.15, 0.2) is 35.1 Å². The average molecular weight is 331 g/mol. The topological polar surface area (TPSA) is 94.8 Å². The normalized spacial score (nSPS) is 17.3. The molecule has 1 aromatic heterocycles. The lowest BCUT2D eigenvalue weighted by Crippen LogP contribution is -2.54. The summed E-state index contributed by atoms with van der Waals surface area (Å²) in [6.07, 6.45) is 1.54. The van der Waals surface area contributed by atoms with E-state index in [-0.39, 0.29) is 35.6 Å². The fourth-order valence-electron chi connectivity index (χ4n) is 1.80. The molecular weight excluding hydrogens is 313 g/mol. The molecule has 7 nitrogen and oxygen atoms in total. The Morgan fingerprint density at radius 1 is 1.55 bits per heavy atom. The van der Waals surface area contributed by atoms with Gasteiger partial charge < -0.3 is 15.2 Å². The quantitative estimate of drug-likeness (QED) is 0.772. The smallest absolute Gasteiger partial charge is 0.244 e. The maximum Gasteiger partial charge on any atom is 0.244 e. The minimum atomic E-state index is -3.56. The zero-order valence-corrected chi connectivity index (χ0v) is 12.9. The molecule has 0 amide bonds. The maximum absolute atomic E-state index is 12.3. The summed E-state index contributed by atoms with van der Waals surface area (Å²) in [6.45, 7) is 0.669. The van der Waals surface area contributed by atoms with Gasteiger partial charge in [0.25, 0.3) is 0 Å². The van der Waals surface area contributed by atoms with Crippen LogP contribution in [0.25, 0.3) is 0 Å². The highest BCUT2D eigenvalue weighted by atomic mass is 32.2. The van der Waals surface area contributed by atoms with Crippen LogP contribution < -0.4 is 10.5 Å². The number of rotatable bonds is 7. The minimum absolute atomic E-state index is 0.0340. The summed E-state index contributed by atoms with van der Waals surface area (Å²) in [5.74, 6) is 0.199. The highest BCUT2D eigenvalue weighted by Gasteiger charge is 2.36. The van der Waals surface area contributed by atoms with Crippen LogP contribution in [0.4, 0.5) is 4.39 Å². The zero-order chi connectivity index (χ0) is 16.2. The predicted octanol–water partition coefficient (Wildman–Crippen LogP) is 0.292. The van der Waals surface area contributed by atoms with Crippen molar-refractivity contribution in [1.82, 2.24) is 9.29 Å². The lowest BCUT2D eigenvalue weighted by atomic mass is 10.2. The van der Waals surface area contributed by atoms with Gasteiger partial charge in [-0.25, -0.2) is 17.8 Å². The number of sulfonamides is 1. The van der Waals surface area contributed by atoms with E-state index in [2.05, 4.69) is 4.98 Å². The van der Waals surface area contributed by atoms with Gasteiger partial charge in [0.15, 0.2) is 0 Å². The number of hydrogen-bond donors (Lipinski definition) is 1. The third-order valence-electron chi connectivity index (χ3n) is 3.32. The van der Waals surface area contributed by atoms with Crippen LogP contribution in [0, 0.1) is 0 Å². The Morgan fingerprint density at radius 2 is 2.27 bits per heavy atom. The molecule has 9 heteroatoms. The number of nitrogens with zero attached hydrogens (tertiary/aromatic N) is 2. The second-order valence-corrected chi connectivity index (χ2v) is 6.71. The van der Waals surface area contributed by atoms with Crippen molar-refractivity contribution in [2.75, 3.05) is 33.4 Å². The van der Waals surface area contributed by atoms with Crippen molar-refractivity contribution in [3.05, 3.63) is 30.2 Å². The zero-order valence-electron chi connectivity index (χ0n) is 12.1. The van der Waals surface area contributed by atoms with E-state index in [9.17, 15) is 12.8 Å². The molecule has 0 bridgehead atoms. The van der Waals surface area contributed by atoms with Gasteiger partial charge >= 0.3 is 0 Å². The van der Waals surface area contributed by atoms with Crippen molar-refractivity contribution in [2.24, 2.45) is 5.73 Å². The van der Waals surface area contributed by atoms with Gasteiger partial charge in [0.1, 0.15) is 11.5 Å². The van der Waals surface area contributed by atoms with E-state index in [0.29, 0.717) is 19.4 Å². The highest BCUT2D eigenvalue weighted by Crippen LogP contribution is 2.23. The summed E-state index contributed by atoms with van der Waals surface area (Å²) in [5, 5.41) is 0. The molecule has 0 saturated carbocycles. The fraction of sp³-hybridized carbons (Fsp3) is 0.462. The van der Waals surface area contributed by atoms with Gasteiger partial charge in [-0.2, -0.15) is 4.31 Å². The molecule has 1 aliphatic heterocycles. The molecule has 1 aromatic rings. The highest BCUT2D eigenvalue weighted by molar-refractivity contribution is 7.89. The standard InChI is InChI=1S/C13H18FN3O4S/c1-20-11-7-17(8-11)22(18,19)12-2-3-13(16-6-12)21-9-10(4-14)5-15/h2-4,6,11H,5,7-9,15H2,1H3/b10-4+. The number of nitrogens with two attached hydrogens (primary N) is 1. The molecule has 0 aliphatic carbocycles. The molecule has 1 saturated heterocycles. The minimum Gasteiger partial charge on any atom is -0.473 e. The van der Waals surface area contributed by atoms with E-state index in [4.69, 9.17) is 15.2 Å². The molecule has 0 spiro atoms. The largest absolute Gasteiger partial charge is 0.473 e. The first kappa shape index (κ1) is 16.8. The Bertz CT molecular complexity index is 627. The van der Waals surface area contributed by atoms with E-state index in [1.807, 2.05) is 0 Å². The molecule has 1 fully saturated rings. The Morgan fingerprint density at radius 3 is 2.77 bits per heavy atom. The van der Waals surface area contributed by atoms with Crippen molar-refractivity contribution < 1.29 is 22.3 Å². The molecule has 2 rings (SSSR count). The first-order chi connectivity index (χ1) is 10.5. The summed E-state index contributed by atoms with van der Waals surface area (Å²) >= 11 is 0. The summed E-state index contributed by atoms with van der Waals surface area (Å²) in [6, 6.07) is 2.83. The van der Waals surface area contributed by atoms with Gasteiger partial charge in [-0.3, -0.25) is 0 Å². The van der Waals surface area contributed by atoms with Gasteiger partial charge in [-0.05, 0) is 6.07 Å². The van der Waals surface area contributed by atoms with Crippen molar-refractivity contribution in [3.63, 3.8) is 0 Å². The number of ether oxygens (including phenoxy) is 2. The molecule has 1 aliphatic rings. The molecule has 2 N–H and O–H groups in total. The van der Waals surface area contributed by atoms with E-state index in [1.54, 1.807) is 7.11 Å². The molecule has 0 unspecified atom stereocenters. The lowest BCUT2D eigenvalue weighted by molar-refractivity contribution is 0.0125. The Balaban J connectivity index is 2.00. The number of aromatic nitrogens is 1. The lowest BCUT2D eigenvalue weighted by Gasteiger charge is -2.36. The van der Waals surface area contributed by atoms with E-state index in [1.165, 1.54) is 22.6 Å². The number of pyridine rings is 1. The van der Waals surface area contributed by atoms with Crippen molar-refractivity contribution >= 4 is 10.0 Å². The van der Waals surface area contributed by atoms with Crippen LogP contribution in [0.2, 0.25) is 0 Å². The van der Waals surface area contributed by atoms with Crippen LogP contribution in [0.1, 0.15) is 0 Å². The molecule has 0 aromatic carbocycles. The van der Waals surface area contributed by atoms with E-state index < -0.39 is 10.0 Å². The first-order valence-electron chi connectivity index (χ1n) is 6.61. The summed E-state index contributed by atoms with van der Waals surface area (Å²) in [5.41, 5.74) is 5.58. The Kier molecular flexibility index (Phi) is 5.46. The van der Waals surface area contributed by atoms with E-state index >= 15 is 0 Å². The SMILES string of the molecule is COC1CN(S(=O)(=O)c2ccc(OC/C(=C/F)CN)nc2)C1. The third-order valence-corrected chi connectivity index (χ3v) is 5.13. The second-order valence-electron chi connectivity index (χ2n) is 4.77. The van der Waals surface area contributed by atoms with Gasteiger partial charge in [0.2, 0.25) is 15.9 Å². The third kappa shape index (κ3) is 3.61. The van der Waals surface area contributed by atoms with Crippen molar-refractivity contribution in [3.8, 4) is 5.88 Å². The summed E-state index contributed by atoms with van der Waals surface area (Å²) in [7, 11) is -2.01. The van der Waals surface area contributed by atoms with Crippen molar-refractivity contribution in [1.29, 1.82) is 0 Å². The fourth-order valence-corrected chi connectivity index (χ4v) is 3.25. The van der Waals surface area contributed by atoms with Crippen molar-refractivity contribution in [2.45, 2.75) is 11.0 Å². The predicted molar refractivity (Wildman–Crippen MR) is 77.5 cm³/mol. The monoisotopic (exact) mass is 331 g/mol. The first-order valence-corrected chi connectivity index (χ1v) is 8.05. The number of halogens is 1. The molecule has 122 valence electrons. The Hall–Kier alpha value is -1.55. The summed E-state index contributed by atoms with van der Waals surface area (Å²) in [4.78, 5) is 3.99. The van der Waals surface area contributed by atoms with Gasteiger partial charge in [0.05, 0.1) is 18.6 Å². The van der Waals surface area contributed by atoms with Crippen LogP contribution in [-0.4, -0.2) is 57.2 Å². The molecule has 0 radical (unpaired) electrons. The van der Waals surface area contributed by atoms with Gasteiger partial charge in [-0.1, -0.05) is 0 Å². The average Bonchev–Trinajstić information content (AvgIpc) is 2.47. The van der Waals surface area contributed by atoms with Gasteiger partial charge in [0, 0.05) is 38.4 Å². The second kappa shape index (κ2) is 7.14. The Labute approximate surface area is 128 Å². The molecule has 2 heterocycles. The number of hydrogen-bond acceptors (Lipinski definition) is 6. The van der Waals surface area contributed by atoms with Crippen LogP contribution >= 0.6 is 0 Å². The maximum atomic E-state index is 12.3. The van der Waals surface area contributed by atoms with Crippen LogP contribution in [0.3, 0.4) is 0 Å². The number of methoxy groups -OCH3 is 1. The molecular formula is C13H18FN3O4S. The van der Waals surface area contributed by atoms with Gasteiger partial charge in [-0.15, -0.1) is 0 Å². The summed E-state index contributed by atoms with van der Waals surface area (Å²) < 4.78 is 48.5. The van der Waals surface area contributed by atoms with Crippen LogP contribution in [0.5, 0.6) is 5.88 Å². The molecule has 22 heavy (non-hydrogen) atoms. The molecule has 0 atom stereocenters. The van der Waals surface area contributed by atoms with E-state index in [0.717, 1.165) is 0 Å². The van der Waals surface area contributed by atoms with Crippen LogP contribution in [-0.2, 0) is 14.8 Å².